The molecule has 0 aliphatic rings. The molecule has 0 N–H and O–H groups in total. The first-order valence-corrected chi connectivity index (χ1v) is 10.2. The summed E-state index contributed by atoms with van der Waals surface area (Å²) in [4.78, 5) is 2.40. The molecule has 2 nitrogen and oxygen atoms in total. The third-order valence-corrected chi connectivity index (χ3v) is 5.50. The van der Waals surface area contributed by atoms with E-state index in [1.807, 2.05) is 0 Å². The van der Waals surface area contributed by atoms with Crippen molar-refractivity contribution in [2.24, 2.45) is 0 Å². The Balaban J connectivity index is 1.77. The SMILES string of the molecule is CC(C)N(c1ccccc1)c1ccc2c(c1)c1ccccc1n2-c1ccccc1. The first-order valence-electron chi connectivity index (χ1n) is 10.2. The highest BCUT2D eigenvalue weighted by Crippen LogP contribution is 2.36. The highest BCUT2D eigenvalue weighted by Gasteiger charge is 2.17. The van der Waals surface area contributed by atoms with E-state index in [-0.39, 0.29) is 0 Å². The minimum atomic E-state index is 0.359. The maximum absolute atomic E-state index is 2.40. The summed E-state index contributed by atoms with van der Waals surface area (Å²) >= 11 is 0. The lowest BCUT2D eigenvalue weighted by molar-refractivity contribution is 0.789. The fourth-order valence-electron chi connectivity index (χ4n) is 4.30. The lowest BCUT2D eigenvalue weighted by Gasteiger charge is -2.29. The van der Waals surface area contributed by atoms with Crippen molar-refractivity contribution in [3.63, 3.8) is 0 Å². The highest BCUT2D eigenvalue weighted by molar-refractivity contribution is 6.10. The molecule has 1 aromatic heterocycles. The van der Waals surface area contributed by atoms with Crippen molar-refractivity contribution in [3.05, 3.63) is 103 Å². The quantitative estimate of drug-likeness (QED) is 0.319. The lowest BCUT2D eigenvalue weighted by Crippen LogP contribution is -2.25. The van der Waals surface area contributed by atoms with Crippen molar-refractivity contribution in [3.8, 4) is 5.69 Å². The van der Waals surface area contributed by atoms with Crippen LogP contribution >= 0.6 is 0 Å². The lowest BCUT2D eigenvalue weighted by atomic mass is 10.1. The summed E-state index contributed by atoms with van der Waals surface area (Å²) in [5.41, 5.74) is 6.10. The van der Waals surface area contributed by atoms with E-state index in [0.29, 0.717) is 6.04 Å². The minimum absolute atomic E-state index is 0.359. The van der Waals surface area contributed by atoms with Crippen LogP contribution in [-0.4, -0.2) is 10.6 Å². The van der Waals surface area contributed by atoms with E-state index in [0.717, 1.165) is 0 Å². The second kappa shape index (κ2) is 7.14. The van der Waals surface area contributed by atoms with Crippen LogP contribution in [0.2, 0.25) is 0 Å². The van der Waals surface area contributed by atoms with Gasteiger partial charge < -0.3 is 9.47 Å². The predicted octanol–water partition coefficient (Wildman–Crippen LogP) is 7.33. The predicted molar refractivity (Wildman–Crippen MR) is 124 cm³/mol. The third kappa shape index (κ3) is 2.98. The van der Waals surface area contributed by atoms with Crippen molar-refractivity contribution in [1.29, 1.82) is 0 Å². The molecule has 1 heterocycles. The molecule has 0 fully saturated rings. The smallest absolute Gasteiger partial charge is 0.0542 e. The van der Waals surface area contributed by atoms with Gasteiger partial charge in [-0.05, 0) is 62.4 Å². The fraction of sp³-hybridized carbons (Fsp3) is 0.111. The number of nitrogens with zero attached hydrogens (tertiary/aromatic N) is 2. The summed E-state index contributed by atoms with van der Waals surface area (Å²) in [7, 11) is 0. The molecule has 0 radical (unpaired) electrons. The normalized spacial score (nSPS) is 11.4. The number of para-hydroxylation sites is 3. The van der Waals surface area contributed by atoms with Crippen LogP contribution in [0.5, 0.6) is 0 Å². The summed E-state index contributed by atoms with van der Waals surface area (Å²) in [6, 6.07) is 37.1. The second-order valence-electron chi connectivity index (χ2n) is 7.69. The number of aromatic nitrogens is 1. The Morgan fingerprint density at radius 3 is 1.93 bits per heavy atom. The van der Waals surface area contributed by atoms with Crippen LogP contribution in [0.15, 0.2) is 103 Å². The molecule has 0 amide bonds. The van der Waals surface area contributed by atoms with E-state index in [2.05, 4.69) is 126 Å². The average Bonchev–Trinajstić information content (AvgIpc) is 3.09. The summed E-state index contributed by atoms with van der Waals surface area (Å²) in [5, 5.41) is 2.56. The Labute approximate surface area is 171 Å². The van der Waals surface area contributed by atoms with Crippen LogP contribution in [0, 0.1) is 0 Å². The molecule has 2 heteroatoms. The summed E-state index contributed by atoms with van der Waals surface area (Å²) in [5.74, 6) is 0. The molecule has 5 rings (SSSR count). The van der Waals surface area contributed by atoms with Crippen molar-refractivity contribution in [1.82, 2.24) is 4.57 Å². The van der Waals surface area contributed by atoms with Gasteiger partial charge in [0.25, 0.3) is 0 Å². The highest BCUT2D eigenvalue weighted by atomic mass is 15.2. The van der Waals surface area contributed by atoms with Gasteiger partial charge in [-0.1, -0.05) is 54.6 Å². The molecule has 5 aromatic rings. The topological polar surface area (TPSA) is 8.17 Å². The van der Waals surface area contributed by atoms with Crippen LogP contribution < -0.4 is 4.90 Å². The Morgan fingerprint density at radius 2 is 1.21 bits per heavy atom. The third-order valence-electron chi connectivity index (χ3n) is 5.50. The van der Waals surface area contributed by atoms with Crippen LogP contribution in [0.1, 0.15) is 13.8 Å². The zero-order chi connectivity index (χ0) is 19.8. The molecule has 142 valence electrons. The molecule has 29 heavy (non-hydrogen) atoms. The van der Waals surface area contributed by atoms with Gasteiger partial charge in [0, 0.05) is 33.9 Å². The first kappa shape index (κ1) is 17.6. The largest absolute Gasteiger partial charge is 0.339 e. The molecule has 0 saturated heterocycles. The Kier molecular flexibility index (Phi) is 4.33. The molecule has 0 atom stereocenters. The maximum atomic E-state index is 2.40. The van der Waals surface area contributed by atoms with Crippen molar-refractivity contribution in [2.75, 3.05) is 4.90 Å². The van der Waals surface area contributed by atoms with Crippen molar-refractivity contribution >= 4 is 33.2 Å². The van der Waals surface area contributed by atoms with E-state index in [1.54, 1.807) is 0 Å². The Hall–Kier alpha value is -3.52. The van der Waals surface area contributed by atoms with Gasteiger partial charge in [0.1, 0.15) is 0 Å². The van der Waals surface area contributed by atoms with E-state index < -0.39 is 0 Å². The number of fused-ring (bicyclic) bond motifs is 3. The van der Waals surface area contributed by atoms with Crippen molar-refractivity contribution < 1.29 is 0 Å². The van der Waals surface area contributed by atoms with E-state index in [4.69, 9.17) is 0 Å². The summed E-state index contributed by atoms with van der Waals surface area (Å²) in [6.07, 6.45) is 0. The molecular weight excluding hydrogens is 352 g/mol. The molecule has 0 spiro atoms. The molecule has 0 saturated carbocycles. The molecule has 0 bridgehead atoms. The zero-order valence-corrected chi connectivity index (χ0v) is 16.8. The van der Waals surface area contributed by atoms with Gasteiger partial charge in [-0.25, -0.2) is 0 Å². The first-order chi connectivity index (χ1) is 14.2. The molecular formula is C27H24N2. The average molecular weight is 377 g/mol. The van der Waals surface area contributed by atoms with Crippen LogP contribution in [0.4, 0.5) is 11.4 Å². The summed E-state index contributed by atoms with van der Waals surface area (Å²) < 4.78 is 2.36. The van der Waals surface area contributed by atoms with Gasteiger partial charge in [0.15, 0.2) is 0 Å². The van der Waals surface area contributed by atoms with E-state index in [9.17, 15) is 0 Å². The molecule has 0 aliphatic heterocycles. The summed E-state index contributed by atoms with van der Waals surface area (Å²) in [6.45, 7) is 4.48. The van der Waals surface area contributed by atoms with Gasteiger partial charge in [-0.2, -0.15) is 0 Å². The number of rotatable bonds is 4. The van der Waals surface area contributed by atoms with Gasteiger partial charge in [0.2, 0.25) is 0 Å². The molecule has 4 aromatic carbocycles. The van der Waals surface area contributed by atoms with Crippen molar-refractivity contribution in [2.45, 2.75) is 19.9 Å². The van der Waals surface area contributed by atoms with E-state index >= 15 is 0 Å². The zero-order valence-electron chi connectivity index (χ0n) is 16.8. The Bertz CT molecular complexity index is 1270. The number of anilines is 2. The molecule has 0 unspecified atom stereocenters. The Morgan fingerprint density at radius 1 is 0.586 bits per heavy atom. The standard InChI is InChI=1S/C27H24N2/c1-20(2)28(21-11-5-3-6-12-21)23-17-18-27-25(19-23)24-15-9-10-16-26(24)29(27)22-13-7-4-8-14-22/h3-20H,1-2H3. The number of hydrogen-bond acceptors (Lipinski definition) is 1. The van der Waals surface area contributed by atoms with Gasteiger partial charge in [-0.3, -0.25) is 0 Å². The minimum Gasteiger partial charge on any atom is -0.339 e. The van der Waals surface area contributed by atoms with Gasteiger partial charge >= 0.3 is 0 Å². The van der Waals surface area contributed by atoms with Crippen LogP contribution in [0.25, 0.3) is 27.5 Å². The maximum Gasteiger partial charge on any atom is 0.0542 e. The van der Waals surface area contributed by atoms with Gasteiger partial charge in [0.05, 0.1) is 11.0 Å². The number of benzene rings is 4. The number of hydrogen-bond donors (Lipinski definition) is 0. The van der Waals surface area contributed by atoms with E-state index in [1.165, 1.54) is 38.9 Å². The van der Waals surface area contributed by atoms with Crippen LogP contribution in [0.3, 0.4) is 0 Å². The van der Waals surface area contributed by atoms with Gasteiger partial charge in [-0.15, -0.1) is 0 Å². The fourth-order valence-corrected chi connectivity index (χ4v) is 4.30. The monoisotopic (exact) mass is 376 g/mol. The molecule has 0 aliphatic carbocycles. The second-order valence-corrected chi connectivity index (χ2v) is 7.69. The van der Waals surface area contributed by atoms with Crippen LogP contribution in [-0.2, 0) is 0 Å².